The van der Waals surface area contributed by atoms with Gasteiger partial charge in [-0.15, -0.1) is 0 Å². The summed E-state index contributed by atoms with van der Waals surface area (Å²) in [4.78, 5) is 0.279. The molecule has 0 atom stereocenters. The van der Waals surface area contributed by atoms with E-state index in [0.717, 1.165) is 0 Å². The van der Waals surface area contributed by atoms with Crippen molar-refractivity contribution in [2.24, 2.45) is 5.41 Å². The second-order valence-electron chi connectivity index (χ2n) is 4.87. The first kappa shape index (κ1) is 15.0. The molecular weight excluding hydrogens is 270 g/mol. The van der Waals surface area contributed by atoms with E-state index < -0.39 is 15.3 Å². The summed E-state index contributed by atoms with van der Waals surface area (Å²) in [5.41, 5.74) is -0.477. The first-order valence-electron chi connectivity index (χ1n) is 5.66. The van der Waals surface area contributed by atoms with Gasteiger partial charge in [0.05, 0.1) is 22.1 Å². The highest BCUT2D eigenvalue weighted by Crippen LogP contribution is 2.23. The fraction of sp³-hybridized carbons (Fsp3) is 0.462. The summed E-state index contributed by atoms with van der Waals surface area (Å²) in [6.45, 7) is 3.61. The average molecular weight is 286 g/mol. The lowest BCUT2D eigenvalue weighted by molar-refractivity contribution is 0.445. The van der Waals surface area contributed by atoms with Crippen molar-refractivity contribution in [2.45, 2.75) is 31.6 Å². The third-order valence-corrected chi connectivity index (χ3v) is 4.76. The van der Waals surface area contributed by atoms with Gasteiger partial charge < -0.3 is 0 Å². The number of nitriles is 1. The van der Waals surface area contributed by atoms with E-state index in [1.165, 1.54) is 12.1 Å². The van der Waals surface area contributed by atoms with Gasteiger partial charge in [-0.2, -0.15) is 5.26 Å². The van der Waals surface area contributed by atoms with Crippen LogP contribution in [0.25, 0.3) is 0 Å². The maximum Gasteiger partial charge on any atom is 0.178 e. The van der Waals surface area contributed by atoms with Gasteiger partial charge >= 0.3 is 0 Å². The van der Waals surface area contributed by atoms with Crippen molar-refractivity contribution in [3.8, 4) is 6.07 Å². The van der Waals surface area contributed by atoms with E-state index in [9.17, 15) is 8.42 Å². The minimum atomic E-state index is -3.28. The highest BCUT2D eigenvalue weighted by molar-refractivity contribution is 7.91. The van der Waals surface area contributed by atoms with E-state index >= 15 is 0 Å². The fourth-order valence-corrected chi connectivity index (χ4v) is 2.96. The molecule has 0 aliphatic rings. The lowest BCUT2D eigenvalue weighted by atomic mass is 9.90. The van der Waals surface area contributed by atoms with Crippen LogP contribution in [0.15, 0.2) is 29.2 Å². The van der Waals surface area contributed by atoms with Crippen molar-refractivity contribution in [1.29, 1.82) is 5.26 Å². The van der Waals surface area contributed by atoms with Crippen LogP contribution in [0.3, 0.4) is 0 Å². The Balaban J connectivity index is 2.67. The van der Waals surface area contributed by atoms with E-state index in [1.54, 1.807) is 12.1 Å². The molecule has 0 N–H and O–H groups in total. The van der Waals surface area contributed by atoms with Gasteiger partial charge in [0.15, 0.2) is 9.84 Å². The second-order valence-corrected chi connectivity index (χ2v) is 7.42. The number of sulfone groups is 1. The summed E-state index contributed by atoms with van der Waals surface area (Å²) >= 11 is 5.71. The zero-order valence-corrected chi connectivity index (χ0v) is 12.1. The Morgan fingerprint density at radius 3 is 2.33 bits per heavy atom. The normalized spacial score (nSPS) is 12.1. The van der Waals surface area contributed by atoms with Crippen LogP contribution >= 0.6 is 11.6 Å². The maximum absolute atomic E-state index is 12.0. The molecule has 0 spiro atoms. The van der Waals surface area contributed by atoms with Crippen LogP contribution in [0.2, 0.25) is 5.02 Å². The Hall–Kier alpha value is -1.05. The van der Waals surface area contributed by atoms with Crippen LogP contribution in [0, 0.1) is 16.7 Å². The molecule has 0 aliphatic heterocycles. The number of hydrogen-bond acceptors (Lipinski definition) is 3. The Kier molecular flexibility index (Phi) is 4.78. The molecule has 0 saturated heterocycles. The zero-order valence-electron chi connectivity index (χ0n) is 10.5. The third kappa shape index (κ3) is 4.32. The Labute approximate surface area is 113 Å². The van der Waals surface area contributed by atoms with Crippen LogP contribution in [0.4, 0.5) is 0 Å². The zero-order chi connectivity index (χ0) is 13.8. The molecule has 0 fully saturated rings. The van der Waals surface area contributed by atoms with Crippen LogP contribution in [0.5, 0.6) is 0 Å². The van der Waals surface area contributed by atoms with Gasteiger partial charge in [0.2, 0.25) is 0 Å². The molecule has 0 radical (unpaired) electrons. The Morgan fingerprint density at radius 2 is 1.83 bits per heavy atom. The van der Waals surface area contributed by atoms with E-state index in [-0.39, 0.29) is 10.6 Å². The molecule has 1 aromatic rings. The molecule has 5 heteroatoms. The summed E-state index contributed by atoms with van der Waals surface area (Å²) in [5.74, 6) is 0.0553. The van der Waals surface area contributed by atoms with Gasteiger partial charge in [-0.05, 0) is 51.0 Å². The van der Waals surface area contributed by atoms with Crippen LogP contribution < -0.4 is 0 Å². The molecule has 0 saturated carbocycles. The molecule has 0 bridgehead atoms. The lowest BCUT2D eigenvalue weighted by Gasteiger charge is -2.14. The molecule has 3 nitrogen and oxygen atoms in total. The molecule has 1 rings (SSSR count). The quantitative estimate of drug-likeness (QED) is 0.832. The van der Waals surface area contributed by atoms with Gasteiger partial charge in [0.25, 0.3) is 0 Å². The highest BCUT2D eigenvalue weighted by Gasteiger charge is 2.19. The predicted molar refractivity (Wildman–Crippen MR) is 72.1 cm³/mol. The SMILES string of the molecule is CC(C)(C#N)CCCS(=O)(=O)c1ccc(Cl)cc1. The average Bonchev–Trinajstić information content (AvgIpc) is 2.29. The summed E-state index contributed by atoms with van der Waals surface area (Å²) in [7, 11) is -3.28. The van der Waals surface area contributed by atoms with Crippen molar-refractivity contribution < 1.29 is 8.42 Å². The molecule has 0 aliphatic carbocycles. The van der Waals surface area contributed by atoms with Crippen molar-refractivity contribution in [3.63, 3.8) is 0 Å². The minimum absolute atomic E-state index is 0.0553. The van der Waals surface area contributed by atoms with Crippen LogP contribution in [0.1, 0.15) is 26.7 Å². The summed E-state index contributed by atoms with van der Waals surface area (Å²) in [6, 6.07) is 8.30. The number of rotatable bonds is 5. The molecule has 98 valence electrons. The Morgan fingerprint density at radius 1 is 1.28 bits per heavy atom. The van der Waals surface area contributed by atoms with Gasteiger partial charge in [-0.25, -0.2) is 8.42 Å². The number of hydrogen-bond donors (Lipinski definition) is 0. The second kappa shape index (κ2) is 5.73. The number of halogens is 1. The highest BCUT2D eigenvalue weighted by atomic mass is 35.5. The predicted octanol–water partition coefficient (Wildman–Crippen LogP) is 3.44. The molecule has 0 unspecified atom stereocenters. The molecule has 1 aromatic carbocycles. The summed E-state index contributed by atoms with van der Waals surface area (Å²) in [6.07, 6.45) is 1.04. The lowest BCUT2D eigenvalue weighted by Crippen LogP contribution is -2.12. The van der Waals surface area contributed by atoms with Crippen molar-refractivity contribution >= 4 is 21.4 Å². The standard InChI is InChI=1S/C13H16ClNO2S/c1-13(2,10-15)8-3-9-18(16,17)12-6-4-11(14)5-7-12/h4-7H,3,8-9H2,1-2H3. The fourth-order valence-electron chi connectivity index (χ4n) is 1.52. The number of benzene rings is 1. The van der Waals surface area contributed by atoms with E-state index in [4.69, 9.17) is 16.9 Å². The maximum atomic E-state index is 12.0. The molecule has 18 heavy (non-hydrogen) atoms. The molecule has 0 heterocycles. The molecular formula is C13H16ClNO2S. The van der Waals surface area contributed by atoms with Gasteiger partial charge in [-0.1, -0.05) is 11.6 Å². The van der Waals surface area contributed by atoms with Gasteiger partial charge in [-0.3, -0.25) is 0 Å². The monoisotopic (exact) mass is 285 g/mol. The van der Waals surface area contributed by atoms with E-state index in [0.29, 0.717) is 17.9 Å². The Bertz CT molecular complexity index is 541. The van der Waals surface area contributed by atoms with Gasteiger partial charge in [0, 0.05) is 5.02 Å². The first-order chi connectivity index (χ1) is 8.27. The van der Waals surface area contributed by atoms with E-state index in [2.05, 4.69) is 6.07 Å². The van der Waals surface area contributed by atoms with Crippen LogP contribution in [-0.4, -0.2) is 14.2 Å². The largest absolute Gasteiger partial charge is 0.224 e. The van der Waals surface area contributed by atoms with Crippen LogP contribution in [-0.2, 0) is 9.84 Å². The van der Waals surface area contributed by atoms with Crippen molar-refractivity contribution in [3.05, 3.63) is 29.3 Å². The smallest absolute Gasteiger partial charge is 0.178 e. The van der Waals surface area contributed by atoms with Crippen molar-refractivity contribution in [2.75, 3.05) is 5.75 Å². The summed E-state index contributed by atoms with van der Waals surface area (Å²) in [5, 5.41) is 9.37. The molecule has 0 aromatic heterocycles. The topological polar surface area (TPSA) is 57.9 Å². The minimum Gasteiger partial charge on any atom is -0.224 e. The van der Waals surface area contributed by atoms with E-state index in [1.807, 2.05) is 13.8 Å². The number of nitrogens with zero attached hydrogens (tertiary/aromatic N) is 1. The summed E-state index contributed by atoms with van der Waals surface area (Å²) < 4.78 is 24.0. The third-order valence-electron chi connectivity index (χ3n) is 2.69. The first-order valence-corrected chi connectivity index (χ1v) is 7.69. The van der Waals surface area contributed by atoms with Crippen molar-refractivity contribution in [1.82, 2.24) is 0 Å². The van der Waals surface area contributed by atoms with Gasteiger partial charge in [0.1, 0.15) is 0 Å². The molecule has 0 amide bonds.